The molecule has 2 aromatic carbocycles. The van der Waals surface area contributed by atoms with E-state index < -0.39 is 12.6 Å². The van der Waals surface area contributed by atoms with Gasteiger partial charge in [0.05, 0.1) is 12.8 Å². The SMILES string of the molecule is COc1ccc(/C=C(\C#N)C(=O)OCC(=O)N2CCC(C)Sc3ccccc32)cc1. The minimum absolute atomic E-state index is 0.173. The smallest absolute Gasteiger partial charge is 0.349 e. The normalized spacial score (nSPS) is 16.1. The Morgan fingerprint density at radius 2 is 1.97 bits per heavy atom. The number of hydrogen-bond acceptors (Lipinski definition) is 6. The fraction of sp³-hybridized carbons (Fsp3) is 0.261. The maximum atomic E-state index is 12.8. The Labute approximate surface area is 180 Å². The highest BCUT2D eigenvalue weighted by molar-refractivity contribution is 8.00. The molecule has 0 aliphatic carbocycles. The number of thioether (sulfide) groups is 1. The zero-order chi connectivity index (χ0) is 21.5. The van der Waals surface area contributed by atoms with Crippen molar-refractivity contribution in [1.82, 2.24) is 0 Å². The highest BCUT2D eigenvalue weighted by Crippen LogP contribution is 2.37. The van der Waals surface area contributed by atoms with Crippen molar-refractivity contribution < 1.29 is 19.1 Å². The van der Waals surface area contributed by atoms with Gasteiger partial charge in [-0.3, -0.25) is 4.79 Å². The fourth-order valence-corrected chi connectivity index (χ4v) is 4.15. The second-order valence-electron chi connectivity index (χ2n) is 6.75. The molecule has 0 N–H and O–H groups in total. The third-order valence-electron chi connectivity index (χ3n) is 4.64. The Morgan fingerprint density at radius 3 is 2.67 bits per heavy atom. The number of benzene rings is 2. The molecule has 3 rings (SSSR count). The first-order valence-corrected chi connectivity index (χ1v) is 10.4. The fourth-order valence-electron chi connectivity index (χ4n) is 3.03. The Kier molecular flexibility index (Phi) is 7.15. The van der Waals surface area contributed by atoms with E-state index in [1.807, 2.05) is 30.3 Å². The number of rotatable bonds is 5. The molecule has 0 aromatic heterocycles. The number of anilines is 1. The molecular formula is C23H22N2O4S. The van der Waals surface area contributed by atoms with Crippen LogP contribution in [0.15, 0.2) is 59.0 Å². The summed E-state index contributed by atoms with van der Waals surface area (Å²) in [5, 5.41) is 9.71. The Balaban J connectivity index is 1.68. The lowest BCUT2D eigenvalue weighted by molar-refractivity contribution is -0.143. The third-order valence-corrected chi connectivity index (χ3v) is 5.88. The summed E-state index contributed by atoms with van der Waals surface area (Å²) in [6, 6.07) is 16.4. The topological polar surface area (TPSA) is 79.6 Å². The van der Waals surface area contributed by atoms with Crippen LogP contribution in [0.5, 0.6) is 5.75 Å². The van der Waals surface area contributed by atoms with Crippen molar-refractivity contribution in [2.24, 2.45) is 0 Å². The van der Waals surface area contributed by atoms with Gasteiger partial charge < -0.3 is 14.4 Å². The number of nitriles is 1. The third kappa shape index (κ3) is 5.22. The number of para-hydroxylation sites is 1. The molecule has 1 amide bonds. The lowest BCUT2D eigenvalue weighted by Gasteiger charge is -2.22. The van der Waals surface area contributed by atoms with E-state index >= 15 is 0 Å². The standard InChI is InChI=1S/C23H22N2O4S/c1-16-11-12-25(20-5-3-4-6-21(20)30-16)22(26)15-29-23(27)18(14-24)13-17-7-9-19(28-2)10-8-17/h3-10,13,16H,11-12,15H2,1-2H3/b18-13+. The predicted octanol–water partition coefficient (Wildman–Crippen LogP) is 4.06. The van der Waals surface area contributed by atoms with Crippen molar-refractivity contribution in [2.45, 2.75) is 23.5 Å². The van der Waals surface area contributed by atoms with Gasteiger partial charge in [0.2, 0.25) is 0 Å². The van der Waals surface area contributed by atoms with Gasteiger partial charge >= 0.3 is 5.97 Å². The Bertz CT molecular complexity index is 995. The quantitative estimate of drug-likeness (QED) is 0.411. The largest absolute Gasteiger partial charge is 0.497 e. The van der Waals surface area contributed by atoms with Crippen molar-refractivity contribution in [1.29, 1.82) is 5.26 Å². The van der Waals surface area contributed by atoms with Crippen LogP contribution >= 0.6 is 11.8 Å². The van der Waals surface area contributed by atoms with Gasteiger partial charge in [-0.25, -0.2) is 4.79 Å². The molecule has 30 heavy (non-hydrogen) atoms. The van der Waals surface area contributed by atoms with E-state index in [-0.39, 0.29) is 11.5 Å². The molecule has 0 radical (unpaired) electrons. The van der Waals surface area contributed by atoms with Gasteiger partial charge in [-0.1, -0.05) is 31.2 Å². The Hall–Kier alpha value is -3.24. The summed E-state index contributed by atoms with van der Waals surface area (Å²) >= 11 is 1.73. The number of amides is 1. The van der Waals surface area contributed by atoms with Gasteiger partial charge in [-0.2, -0.15) is 5.26 Å². The molecule has 1 unspecified atom stereocenters. The number of carbonyl (C=O) groups excluding carboxylic acids is 2. The number of ether oxygens (including phenoxy) is 2. The van der Waals surface area contributed by atoms with E-state index in [9.17, 15) is 14.9 Å². The van der Waals surface area contributed by atoms with Crippen molar-refractivity contribution in [3.63, 3.8) is 0 Å². The Morgan fingerprint density at radius 1 is 1.23 bits per heavy atom. The van der Waals surface area contributed by atoms with Gasteiger partial charge in [0.1, 0.15) is 17.4 Å². The van der Waals surface area contributed by atoms with Gasteiger partial charge in [-0.15, -0.1) is 11.8 Å². The molecule has 0 spiro atoms. The first kappa shape index (κ1) is 21.5. The van der Waals surface area contributed by atoms with Crippen LogP contribution in [-0.2, 0) is 14.3 Å². The summed E-state index contributed by atoms with van der Waals surface area (Å²) in [4.78, 5) is 27.8. The highest BCUT2D eigenvalue weighted by atomic mass is 32.2. The van der Waals surface area contributed by atoms with Crippen LogP contribution < -0.4 is 9.64 Å². The molecular weight excluding hydrogens is 400 g/mol. The van der Waals surface area contributed by atoms with Crippen molar-refractivity contribution in [3.05, 3.63) is 59.7 Å². The van der Waals surface area contributed by atoms with Crippen molar-refractivity contribution >= 4 is 35.4 Å². The van der Waals surface area contributed by atoms with Crippen molar-refractivity contribution in [2.75, 3.05) is 25.2 Å². The molecule has 1 aliphatic rings. The minimum atomic E-state index is -0.826. The van der Waals surface area contributed by atoms with E-state index in [2.05, 4.69) is 6.92 Å². The van der Waals surface area contributed by atoms with E-state index in [0.29, 0.717) is 23.1 Å². The maximum absolute atomic E-state index is 12.8. The number of hydrogen-bond donors (Lipinski definition) is 0. The molecule has 1 atom stereocenters. The van der Waals surface area contributed by atoms with Gasteiger partial charge in [0.15, 0.2) is 6.61 Å². The maximum Gasteiger partial charge on any atom is 0.349 e. The van der Waals surface area contributed by atoms with Crippen LogP contribution in [0, 0.1) is 11.3 Å². The van der Waals surface area contributed by atoms with Crippen LogP contribution in [0.1, 0.15) is 18.9 Å². The molecule has 0 saturated carbocycles. The number of nitrogens with zero attached hydrogens (tertiary/aromatic N) is 2. The van der Waals surface area contributed by atoms with Crippen molar-refractivity contribution in [3.8, 4) is 11.8 Å². The predicted molar refractivity (Wildman–Crippen MR) is 116 cm³/mol. The minimum Gasteiger partial charge on any atom is -0.497 e. The van der Waals surface area contributed by atoms with Crippen LogP contribution in [0.2, 0.25) is 0 Å². The van der Waals surface area contributed by atoms with Gasteiger partial charge in [-0.05, 0) is 42.3 Å². The monoisotopic (exact) mass is 422 g/mol. The summed E-state index contributed by atoms with van der Waals surface area (Å²) < 4.78 is 10.2. The highest BCUT2D eigenvalue weighted by Gasteiger charge is 2.25. The molecule has 0 fully saturated rings. The molecule has 1 heterocycles. The number of methoxy groups -OCH3 is 1. The van der Waals surface area contributed by atoms with Crippen LogP contribution in [0.3, 0.4) is 0 Å². The zero-order valence-corrected chi connectivity index (χ0v) is 17.6. The average Bonchev–Trinajstić information content (AvgIpc) is 2.94. The van der Waals surface area contributed by atoms with E-state index in [0.717, 1.165) is 17.0 Å². The van der Waals surface area contributed by atoms with Crippen LogP contribution in [0.25, 0.3) is 6.08 Å². The molecule has 7 heteroatoms. The lowest BCUT2D eigenvalue weighted by Crippen LogP contribution is -2.36. The molecule has 0 bridgehead atoms. The second kappa shape index (κ2) is 9.99. The summed E-state index contributed by atoms with van der Waals surface area (Å²) in [6.45, 7) is 2.25. The summed E-state index contributed by atoms with van der Waals surface area (Å²) in [6.07, 6.45) is 2.26. The molecule has 6 nitrogen and oxygen atoms in total. The lowest BCUT2D eigenvalue weighted by atomic mass is 10.1. The summed E-state index contributed by atoms with van der Waals surface area (Å²) in [5.74, 6) is -0.469. The number of carbonyl (C=O) groups is 2. The second-order valence-corrected chi connectivity index (χ2v) is 8.23. The summed E-state index contributed by atoms with van der Waals surface area (Å²) in [5.41, 5.74) is 1.30. The summed E-state index contributed by atoms with van der Waals surface area (Å²) in [7, 11) is 1.56. The number of esters is 1. The molecule has 0 saturated heterocycles. The molecule has 1 aliphatic heterocycles. The van der Waals surface area contributed by atoms with Crippen LogP contribution in [-0.4, -0.2) is 37.4 Å². The van der Waals surface area contributed by atoms with Crippen LogP contribution in [0.4, 0.5) is 5.69 Å². The van der Waals surface area contributed by atoms with Gasteiger partial charge in [0, 0.05) is 16.7 Å². The van der Waals surface area contributed by atoms with E-state index in [4.69, 9.17) is 9.47 Å². The molecule has 154 valence electrons. The molecule has 2 aromatic rings. The van der Waals surface area contributed by atoms with E-state index in [1.165, 1.54) is 6.08 Å². The average molecular weight is 423 g/mol. The number of fused-ring (bicyclic) bond motifs is 1. The zero-order valence-electron chi connectivity index (χ0n) is 16.8. The van der Waals surface area contributed by atoms with Gasteiger partial charge in [0.25, 0.3) is 5.91 Å². The first-order valence-electron chi connectivity index (χ1n) is 9.51. The first-order chi connectivity index (χ1) is 14.5. The van der Waals surface area contributed by atoms with E-state index in [1.54, 1.807) is 48.0 Å².